The van der Waals surface area contributed by atoms with Crippen LogP contribution in [0.15, 0.2) is 72.8 Å². The Bertz CT molecular complexity index is 1230. The summed E-state index contributed by atoms with van der Waals surface area (Å²) >= 11 is 0. The number of aldehydes is 2. The molecule has 0 atom stereocenters. The van der Waals surface area contributed by atoms with Gasteiger partial charge >= 0.3 is 6.03 Å². The summed E-state index contributed by atoms with van der Waals surface area (Å²) in [6.07, 6.45) is 1.51. The monoisotopic (exact) mass is 368 g/mol. The Hall–Kier alpha value is -3.99. The van der Waals surface area contributed by atoms with Crippen LogP contribution < -0.4 is 10.6 Å². The second-order valence-corrected chi connectivity index (χ2v) is 6.31. The molecule has 4 aromatic carbocycles. The lowest BCUT2D eigenvalue weighted by molar-refractivity contribution is 0.111. The molecule has 0 radical (unpaired) electrons. The fourth-order valence-electron chi connectivity index (χ4n) is 3.33. The van der Waals surface area contributed by atoms with Gasteiger partial charge in [0, 0.05) is 21.9 Å². The summed E-state index contributed by atoms with van der Waals surface area (Å²) in [6, 6.07) is 21.3. The largest absolute Gasteiger partial charge is 0.323 e. The molecule has 0 unspecified atom stereocenters. The summed E-state index contributed by atoms with van der Waals surface area (Å²) in [5, 5.41) is 8.83. The van der Waals surface area contributed by atoms with E-state index in [-0.39, 0.29) is 0 Å². The molecule has 0 aliphatic carbocycles. The number of anilines is 2. The molecule has 136 valence electrons. The van der Waals surface area contributed by atoms with Crippen molar-refractivity contribution in [3.63, 3.8) is 0 Å². The maximum atomic E-state index is 12.7. The third-order valence-electron chi connectivity index (χ3n) is 4.66. The van der Waals surface area contributed by atoms with Crippen LogP contribution in [-0.4, -0.2) is 18.6 Å². The minimum atomic E-state index is -0.469. The Morgan fingerprint density at radius 3 is 2.04 bits per heavy atom. The lowest BCUT2D eigenvalue weighted by Crippen LogP contribution is -2.20. The molecule has 5 heteroatoms. The molecule has 4 aromatic rings. The minimum Gasteiger partial charge on any atom is -0.307 e. The number of hydrogen-bond donors (Lipinski definition) is 2. The average molecular weight is 368 g/mol. The van der Waals surface area contributed by atoms with Crippen molar-refractivity contribution >= 4 is 51.5 Å². The van der Waals surface area contributed by atoms with Crippen molar-refractivity contribution in [1.29, 1.82) is 0 Å². The predicted octanol–water partition coefficient (Wildman–Crippen LogP) is 5.26. The van der Waals surface area contributed by atoms with Crippen LogP contribution in [0.2, 0.25) is 0 Å². The van der Waals surface area contributed by atoms with Gasteiger partial charge in [0.05, 0.1) is 11.4 Å². The van der Waals surface area contributed by atoms with Crippen LogP contribution in [0.5, 0.6) is 0 Å². The van der Waals surface area contributed by atoms with E-state index in [0.717, 1.165) is 34.1 Å². The highest BCUT2D eigenvalue weighted by Crippen LogP contribution is 2.28. The van der Waals surface area contributed by atoms with Gasteiger partial charge in [0.15, 0.2) is 12.6 Å². The fourth-order valence-corrected chi connectivity index (χ4v) is 3.33. The van der Waals surface area contributed by atoms with Crippen molar-refractivity contribution in [3.8, 4) is 0 Å². The SMILES string of the molecule is O=Cc1ccc2ccccc2c1NC(=O)Nc1ccc(C=O)c2ccccc12. The molecule has 0 saturated carbocycles. The van der Waals surface area contributed by atoms with Gasteiger partial charge < -0.3 is 10.6 Å². The highest BCUT2D eigenvalue weighted by molar-refractivity contribution is 6.13. The Kier molecular flexibility index (Phi) is 4.56. The summed E-state index contributed by atoms with van der Waals surface area (Å²) < 4.78 is 0. The number of urea groups is 1. The van der Waals surface area contributed by atoms with Crippen molar-refractivity contribution in [2.75, 3.05) is 10.6 Å². The van der Waals surface area contributed by atoms with Gasteiger partial charge in [-0.2, -0.15) is 0 Å². The molecule has 0 saturated heterocycles. The second kappa shape index (κ2) is 7.32. The second-order valence-electron chi connectivity index (χ2n) is 6.31. The maximum absolute atomic E-state index is 12.7. The molecule has 0 fully saturated rings. The van der Waals surface area contributed by atoms with E-state index in [0.29, 0.717) is 22.5 Å². The van der Waals surface area contributed by atoms with Gasteiger partial charge in [-0.25, -0.2) is 4.79 Å². The molecule has 0 spiro atoms. The van der Waals surface area contributed by atoms with Crippen molar-refractivity contribution < 1.29 is 14.4 Å². The van der Waals surface area contributed by atoms with E-state index >= 15 is 0 Å². The van der Waals surface area contributed by atoms with Crippen LogP contribution in [0.25, 0.3) is 21.5 Å². The van der Waals surface area contributed by atoms with Gasteiger partial charge in [-0.3, -0.25) is 9.59 Å². The zero-order valence-corrected chi connectivity index (χ0v) is 14.8. The first-order valence-electron chi connectivity index (χ1n) is 8.73. The lowest BCUT2D eigenvalue weighted by Gasteiger charge is -2.14. The molecule has 0 aromatic heterocycles. The van der Waals surface area contributed by atoms with Crippen molar-refractivity contribution in [2.24, 2.45) is 0 Å². The predicted molar refractivity (Wildman–Crippen MR) is 111 cm³/mol. The number of hydrogen-bond acceptors (Lipinski definition) is 3. The normalized spacial score (nSPS) is 10.6. The number of amides is 2. The summed E-state index contributed by atoms with van der Waals surface area (Å²) in [5.74, 6) is 0. The fraction of sp³-hybridized carbons (Fsp3) is 0. The van der Waals surface area contributed by atoms with Gasteiger partial charge in [-0.05, 0) is 29.0 Å². The highest BCUT2D eigenvalue weighted by atomic mass is 16.2. The van der Waals surface area contributed by atoms with Crippen LogP contribution in [0, 0.1) is 0 Å². The third-order valence-corrected chi connectivity index (χ3v) is 4.66. The topological polar surface area (TPSA) is 75.3 Å². The van der Waals surface area contributed by atoms with E-state index in [1.165, 1.54) is 0 Å². The smallest absolute Gasteiger partial charge is 0.307 e. The van der Waals surface area contributed by atoms with Gasteiger partial charge in [0.1, 0.15) is 0 Å². The molecule has 0 aliphatic heterocycles. The first-order valence-corrected chi connectivity index (χ1v) is 8.73. The van der Waals surface area contributed by atoms with Crippen molar-refractivity contribution in [3.05, 3.63) is 83.9 Å². The number of carbonyl (C=O) groups excluding carboxylic acids is 3. The molecular weight excluding hydrogens is 352 g/mol. The number of carbonyl (C=O) groups is 3. The first-order chi connectivity index (χ1) is 13.7. The van der Waals surface area contributed by atoms with Gasteiger partial charge in [0.2, 0.25) is 0 Å². The Morgan fingerprint density at radius 2 is 1.29 bits per heavy atom. The number of nitrogens with one attached hydrogen (secondary N) is 2. The Balaban J connectivity index is 1.70. The van der Waals surface area contributed by atoms with Crippen molar-refractivity contribution in [1.82, 2.24) is 0 Å². The minimum absolute atomic E-state index is 0.398. The van der Waals surface area contributed by atoms with Crippen LogP contribution in [-0.2, 0) is 0 Å². The van der Waals surface area contributed by atoms with Crippen LogP contribution in [0.1, 0.15) is 20.7 Å². The molecule has 2 amide bonds. The third kappa shape index (κ3) is 3.10. The molecule has 2 N–H and O–H groups in total. The van der Waals surface area contributed by atoms with E-state index in [4.69, 9.17) is 0 Å². The lowest BCUT2D eigenvalue weighted by atomic mass is 10.0. The van der Waals surface area contributed by atoms with E-state index < -0.39 is 6.03 Å². The van der Waals surface area contributed by atoms with Crippen LogP contribution in [0.4, 0.5) is 16.2 Å². The van der Waals surface area contributed by atoms with Gasteiger partial charge in [-0.15, -0.1) is 0 Å². The highest BCUT2D eigenvalue weighted by Gasteiger charge is 2.12. The summed E-state index contributed by atoms with van der Waals surface area (Å²) in [5.41, 5.74) is 1.99. The standard InChI is InChI=1S/C23H16N2O3/c26-13-16-11-12-21(20-8-4-3-6-18(16)20)24-23(28)25-22-17(14-27)10-9-15-5-1-2-7-19(15)22/h1-14H,(H2,24,25,28). The molecule has 0 bridgehead atoms. The summed E-state index contributed by atoms with van der Waals surface area (Å²) in [7, 11) is 0. The molecular formula is C23H16N2O3. The molecule has 0 heterocycles. The molecule has 0 aliphatic rings. The van der Waals surface area contributed by atoms with Gasteiger partial charge in [-0.1, -0.05) is 54.6 Å². The maximum Gasteiger partial charge on any atom is 0.323 e. The average Bonchev–Trinajstić information content (AvgIpc) is 2.74. The summed E-state index contributed by atoms with van der Waals surface area (Å²) in [6.45, 7) is 0. The zero-order chi connectivity index (χ0) is 19.5. The number of benzene rings is 4. The molecule has 28 heavy (non-hydrogen) atoms. The number of rotatable bonds is 4. The summed E-state index contributed by atoms with van der Waals surface area (Å²) in [4.78, 5) is 35.4. The van der Waals surface area contributed by atoms with Crippen LogP contribution in [0.3, 0.4) is 0 Å². The zero-order valence-electron chi connectivity index (χ0n) is 14.8. The van der Waals surface area contributed by atoms with E-state index in [2.05, 4.69) is 10.6 Å². The van der Waals surface area contributed by atoms with Crippen molar-refractivity contribution in [2.45, 2.75) is 0 Å². The molecule has 4 rings (SSSR count). The van der Waals surface area contributed by atoms with E-state index in [9.17, 15) is 14.4 Å². The van der Waals surface area contributed by atoms with E-state index in [1.807, 2.05) is 54.6 Å². The molecule has 5 nitrogen and oxygen atoms in total. The van der Waals surface area contributed by atoms with Crippen LogP contribution >= 0.6 is 0 Å². The Labute approximate surface area is 161 Å². The Morgan fingerprint density at radius 1 is 0.643 bits per heavy atom. The number of fused-ring (bicyclic) bond motifs is 2. The first kappa shape index (κ1) is 17.4. The quantitative estimate of drug-likeness (QED) is 0.482. The van der Waals surface area contributed by atoms with Gasteiger partial charge in [0.25, 0.3) is 0 Å². The van der Waals surface area contributed by atoms with E-state index in [1.54, 1.807) is 18.2 Å².